The van der Waals surface area contributed by atoms with Crippen molar-refractivity contribution < 1.29 is 27.1 Å². The average molecular weight is 699 g/mol. The fourth-order valence-corrected chi connectivity index (χ4v) is 8.16. The second-order valence-electron chi connectivity index (χ2n) is 13.3. The molecule has 3 aliphatic heterocycles. The molecule has 1 spiro atoms. The molecule has 3 aromatic carbocycles. The number of fused-ring (bicyclic) bond motifs is 4. The van der Waals surface area contributed by atoms with Gasteiger partial charge in [0.15, 0.2) is 5.72 Å². The number of amides is 2. The van der Waals surface area contributed by atoms with Gasteiger partial charge in [-0.2, -0.15) is 4.98 Å². The molecule has 3 aliphatic rings. The number of likely N-dealkylation sites (tertiary alicyclic amines) is 2. The third-order valence-electron chi connectivity index (χ3n) is 9.79. The molecule has 1 aromatic heterocycles. The van der Waals surface area contributed by atoms with Crippen LogP contribution in [-0.4, -0.2) is 71.4 Å². The van der Waals surface area contributed by atoms with E-state index in [1.54, 1.807) is 24.3 Å². The van der Waals surface area contributed by atoms with Gasteiger partial charge >= 0.3 is 0 Å². The van der Waals surface area contributed by atoms with Gasteiger partial charge in [0.1, 0.15) is 5.82 Å². The van der Waals surface area contributed by atoms with E-state index in [4.69, 9.17) is 4.74 Å². The second kappa shape index (κ2) is 13.4. The Morgan fingerprint density at radius 1 is 0.960 bits per heavy atom. The molecular weight excluding hydrogens is 660 g/mol. The van der Waals surface area contributed by atoms with Crippen molar-refractivity contribution in [2.75, 3.05) is 24.4 Å². The first-order valence-electron chi connectivity index (χ1n) is 16.9. The van der Waals surface area contributed by atoms with Gasteiger partial charge in [-0.15, -0.1) is 0 Å². The van der Waals surface area contributed by atoms with E-state index < -0.39 is 21.7 Å². The van der Waals surface area contributed by atoms with Crippen LogP contribution in [0.5, 0.6) is 5.88 Å². The Kier molecular flexibility index (Phi) is 9.04. The Labute approximate surface area is 290 Å². The summed E-state index contributed by atoms with van der Waals surface area (Å²) in [4.78, 5) is 40.7. The number of piperidine rings is 2. The van der Waals surface area contributed by atoms with Gasteiger partial charge in [0, 0.05) is 49.7 Å². The average Bonchev–Trinajstić information content (AvgIpc) is 3.09. The monoisotopic (exact) mass is 698 g/mol. The van der Waals surface area contributed by atoms with Crippen molar-refractivity contribution in [3.8, 4) is 17.1 Å². The Morgan fingerprint density at radius 2 is 1.68 bits per heavy atom. The van der Waals surface area contributed by atoms with Gasteiger partial charge in [0.2, 0.25) is 17.7 Å². The van der Waals surface area contributed by atoms with Gasteiger partial charge in [0.25, 0.3) is 15.9 Å². The van der Waals surface area contributed by atoms with E-state index in [2.05, 4.69) is 24.9 Å². The number of rotatable bonds is 4. The highest BCUT2D eigenvalue weighted by Crippen LogP contribution is 2.34. The lowest BCUT2D eigenvalue weighted by Crippen LogP contribution is -2.61. The SMILES string of the molecule is Cc1cccc(C)c1-c1cc2nc(n1)NS(=O)(=O)c1cccc(c1)C(=O)NC1(CCN(C(=O)C3CCCCN3Cc3ccc(F)cc3)CC1)O2. The lowest BCUT2D eigenvalue weighted by atomic mass is 9.95. The Balaban J connectivity index is 1.20. The fourth-order valence-electron chi connectivity index (χ4n) is 7.17. The minimum absolute atomic E-state index is 0.0184. The predicted octanol–water partition coefficient (Wildman–Crippen LogP) is 5.20. The minimum Gasteiger partial charge on any atom is -0.451 e. The number of halogens is 1. The van der Waals surface area contributed by atoms with E-state index in [1.165, 1.54) is 30.3 Å². The van der Waals surface area contributed by atoms with Crippen LogP contribution in [-0.2, 0) is 21.4 Å². The molecule has 4 aromatic rings. The first-order valence-corrected chi connectivity index (χ1v) is 18.3. The highest BCUT2D eigenvalue weighted by atomic mass is 32.2. The zero-order chi connectivity index (χ0) is 35.0. The van der Waals surface area contributed by atoms with Crippen LogP contribution in [0.2, 0.25) is 0 Å². The Hall–Kier alpha value is -4.88. The number of aryl methyl sites for hydroxylation is 2. The van der Waals surface area contributed by atoms with Crippen LogP contribution >= 0.6 is 0 Å². The largest absolute Gasteiger partial charge is 0.451 e. The lowest BCUT2D eigenvalue weighted by molar-refractivity contribution is -0.142. The molecule has 2 N–H and O–H groups in total. The van der Waals surface area contributed by atoms with E-state index in [0.29, 0.717) is 25.3 Å². The quantitative estimate of drug-likeness (QED) is 0.298. The number of aromatic nitrogens is 2. The van der Waals surface area contributed by atoms with Crippen LogP contribution in [0.4, 0.5) is 10.3 Å². The van der Waals surface area contributed by atoms with Crippen molar-refractivity contribution >= 4 is 27.8 Å². The van der Waals surface area contributed by atoms with Crippen LogP contribution < -0.4 is 14.8 Å². The first-order chi connectivity index (χ1) is 24.0. The van der Waals surface area contributed by atoms with E-state index in [0.717, 1.165) is 48.1 Å². The molecule has 0 aliphatic carbocycles. The van der Waals surface area contributed by atoms with E-state index in [-0.39, 0.29) is 52.9 Å². The summed E-state index contributed by atoms with van der Waals surface area (Å²) in [5.41, 5.74) is 2.98. The second-order valence-corrected chi connectivity index (χ2v) is 15.0. The summed E-state index contributed by atoms with van der Waals surface area (Å²) in [7, 11) is -4.15. The summed E-state index contributed by atoms with van der Waals surface area (Å²) < 4.78 is 49.5. The van der Waals surface area contributed by atoms with E-state index in [1.807, 2.05) is 36.9 Å². The number of carbonyl (C=O) groups excluding carboxylic acids is 2. The number of anilines is 1. The predicted molar refractivity (Wildman–Crippen MR) is 185 cm³/mol. The molecule has 0 saturated carbocycles. The summed E-state index contributed by atoms with van der Waals surface area (Å²) in [5, 5.41) is 3.05. The minimum atomic E-state index is -4.15. The molecule has 50 heavy (non-hydrogen) atoms. The van der Waals surface area contributed by atoms with Crippen molar-refractivity contribution in [1.29, 1.82) is 0 Å². The maximum absolute atomic E-state index is 14.0. The Morgan fingerprint density at radius 3 is 2.42 bits per heavy atom. The molecule has 2 amide bonds. The van der Waals surface area contributed by atoms with Gasteiger partial charge in [-0.05, 0) is 80.3 Å². The molecule has 2 saturated heterocycles. The van der Waals surface area contributed by atoms with Crippen molar-refractivity contribution in [2.24, 2.45) is 0 Å². The van der Waals surface area contributed by atoms with Crippen LogP contribution in [0.15, 0.2) is 77.7 Å². The third kappa shape index (κ3) is 6.92. The normalized spacial score (nSPS) is 20.1. The molecule has 4 heterocycles. The number of nitrogens with zero attached hydrogens (tertiary/aromatic N) is 4. The van der Waals surface area contributed by atoms with Gasteiger partial charge in [-0.1, -0.05) is 42.8 Å². The summed E-state index contributed by atoms with van der Waals surface area (Å²) in [5.74, 6) is -0.873. The molecule has 11 nitrogen and oxygen atoms in total. The number of nitrogens with one attached hydrogen (secondary N) is 2. The molecule has 4 bridgehead atoms. The molecule has 2 fully saturated rings. The molecule has 0 radical (unpaired) electrons. The maximum Gasteiger partial charge on any atom is 0.264 e. The van der Waals surface area contributed by atoms with Gasteiger partial charge in [0.05, 0.1) is 16.6 Å². The molecule has 1 atom stereocenters. The zero-order valence-corrected chi connectivity index (χ0v) is 28.8. The van der Waals surface area contributed by atoms with E-state index >= 15 is 0 Å². The van der Waals surface area contributed by atoms with Crippen LogP contribution in [0, 0.1) is 19.7 Å². The number of carbonyl (C=O) groups is 2. The summed E-state index contributed by atoms with van der Waals surface area (Å²) in [6.45, 7) is 5.84. The third-order valence-corrected chi connectivity index (χ3v) is 11.1. The maximum atomic E-state index is 14.0. The lowest BCUT2D eigenvalue weighted by Gasteiger charge is -2.44. The van der Waals surface area contributed by atoms with Crippen LogP contribution in [0.1, 0.15) is 59.2 Å². The molecule has 13 heteroatoms. The van der Waals surface area contributed by atoms with Crippen molar-refractivity contribution in [1.82, 2.24) is 25.1 Å². The highest BCUT2D eigenvalue weighted by Gasteiger charge is 2.43. The first kappa shape index (κ1) is 33.6. The number of hydrogen-bond donors (Lipinski definition) is 2. The van der Waals surface area contributed by atoms with Crippen molar-refractivity contribution in [3.05, 3.63) is 101 Å². The van der Waals surface area contributed by atoms with Gasteiger partial charge in [-0.3, -0.25) is 14.5 Å². The number of hydrogen-bond acceptors (Lipinski definition) is 8. The molecule has 1 unspecified atom stereocenters. The number of sulfonamides is 1. The number of benzene rings is 3. The van der Waals surface area contributed by atoms with Crippen molar-refractivity contribution in [2.45, 2.75) is 69.2 Å². The van der Waals surface area contributed by atoms with Crippen LogP contribution in [0.25, 0.3) is 11.3 Å². The summed E-state index contributed by atoms with van der Waals surface area (Å²) >= 11 is 0. The zero-order valence-electron chi connectivity index (χ0n) is 28.0. The molecule has 260 valence electrons. The highest BCUT2D eigenvalue weighted by molar-refractivity contribution is 7.92. The van der Waals surface area contributed by atoms with E-state index in [9.17, 15) is 22.4 Å². The number of ether oxygens (including phenoxy) is 1. The molecule has 7 rings (SSSR count). The van der Waals surface area contributed by atoms with Gasteiger partial charge in [-0.25, -0.2) is 22.5 Å². The summed E-state index contributed by atoms with van der Waals surface area (Å²) in [6.07, 6.45) is 3.17. The summed E-state index contributed by atoms with van der Waals surface area (Å²) in [6, 6.07) is 19.3. The standard InChI is InChI=1S/C37H39FN6O5S/c1-24-7-5-8-25(2)33(24)30-22-32-40-36(39-30)42-50(47,48)29-10-6-9-27(21-29)34(45)41-37(49-32)16-19-43(20-17-37)35(46)31-11-3-4-18-44(31)23-26-12-14-28(38)15-13-26/h5-10,12-15,21-22,31H,3-4,11,16-20,23H2,1-2H3,(H,41,45)(H,39,40,42). The fraction of sp³-hybridized carbons (Fsp3) is 0.351. The topological polar surface area (TPSA) is 134 Å². The molecular formula is C37H39FN6O5S. The van der Waals surface area contributed by atoms with Gasteiger partial charge < -0.3 is 15.0 Å². The smallest absolute Gasteiger partial charge is 0.264 e. The Bertz CT molecular complexity index is 2030. The van der Waals surface area contributed by atoms with Crippen LogP contribution in [0.3, 0.4) is 0 Å². The van der Waals surface area contributed by atoms with Crippen molar-refractivity contribution in [3.63, 3.8) is 0 Å².